The first-order chi connectivity index (χ1) is 8.58. The van der Waals surface area contributed by atoms with Crippen LogP contribution in [0.3, 0.4) is 0 Å². The molecule has 0 bridgehead atoms. The zero-order chi connectivity index (χ0) is 13.5. The van der Waals surface area contributed by atoms with E-state index in [1.165, 1.54) is 0 Å². The topological polar surface area (TPSA) is 64.3 Å². The van der Waals surface area contributed by atoms with Gasteiger partial charge in [-0.05, 0) is 37.6 Å². The third-order valence-corrected chi connectivity index (χ3v) is 2.56. The van der Waals surface area contributed by atoms with Crippen LogP contribution in [0.4, 0.5) is 5.69 Å². The number of rotatable bonds is 6. The number of ether oxygens (including phenoxy) is 1. The van der Waals surface area contributed by atoms with E-state index in [2.05, 4.69) is 5.32 Å². The Hall–Kier alpha value is -1.55. The van der Waals surface area contributed by atoms with Crippen LogP contribution in [-0.4, -0.2) is 19.1 Å². The second-order valence-electron chi connectivity index (χ2n) is 4.45. The van der Waals surface area contributed by atoms with Crippen molar-refractivity contribution < 1.29 is 9.53 Å². The third-order valence-electron chi connectivity index (χ3n) is 2.56. The highest BCUT2D eigenvalue weighted by molar-refractivity contribution is 5.93. The number of nitrogens with one attached hydrogen (secondary N) is 1. The van der Waals surface area contributed by atoms with Crippen molar-refractivity contribution in [1.82, 2.24) is 0 Å². The van der Waals surface area contributed by atoms with Gasteiger partial charge in [-0.3, -0.25) is 4.79 Å². The first-order valence-electron chi connectivity index (χ1n) is 6.35. The van der Waals surface area contributed by atoms with Gasteiger partial charge < -0.3 is 15.8 Å². The van der Waals surface area contributed by atoms with Gasteiger partial charge in [-0.1, -0.05) is 19.9 Å². The van der Waals surface area contributed by atoms with Gasteiger partial charge in [0.15, 0.2) is 0 Å². The highest BCUT2D eigenvalue weighted by Crippen LogP contribution is 2.26. The zero-order valence-corrected chi connectivity index (χ0v) is 11.3. The molecule has 0 radical (unpaired) electrons. The van der Waals surface area contributed by atoms with Crippen molar-refractivity contribution in [2.75, 3.05) is 18.5 Å². The minimum absolute atomic E-state index is 0.0115. The van der Waals surface area contributed by atoms with E-state index in [4.69, 9.17) is 10.5 Å². The van der Waals surface area contributed by atoms with Crippen LogP contribution in [0.1, 0.15) is 26.3 Å². The minimum Gasteiger partial charge on any atom is -0.492 e. The van der Waals surface area contributed by atoms with E-state index in [0.717, 1.165) is 17.7 Å². The van der Waals surface area contributed by atoms with Gasteiger partial charge >= 0.3 is 0 Å². The number of carbonyl (C=O) groups is 1. The quantitative estimate of drug-likeness (QED) is 0.813. The second kappa shape index (κ2) is 7.01. The maximum atomic E-state index is 11.7. The highest BCUT2D eigenvalue weighted by atomic mass is 16.5. The predicted octanol–water partition coefficient (Wildman–Crippen LogP) is 2.18. The fourth-order valence-electron chi connectivity index (χ4n) is 1.54. The lowest BCUT2D eigenvalue weighted by Gasteiger charge is -2.14. The molecule has 1 amide bonds. The maximum Gasteiger partial charge on any atom is 0.227 e. The molecular formula is C14H22N2O2. The summed E-state index contributed by atoms with van der Waals surface area (Å²) in [5, 5.41) is 2.87. The standard InChI is InChI=1S/C14H22N2O2/c1-4-18-13-9-11(7-8-15)5-6-12(13)16-14(17)10(2)3/h5-6,9-10H,4,7-8,15H2,1-3H3,(H,16,17). The van der Waals surface area contributed by atoms with Gasteiger partial charge in [0.25, 0.3) is 0 Å². The molecule has 4 nitrogen and oxygen atoms in total. The Morgan fingerprint density at radius 3 is 2.72 bits per heavy atom. The molecule has 0 saturated heterocycles. The summed E-state index contributed by atoms with van der Waals surface area (Å²) in [5.74, 6) is 0.642. The minimum atomic E-state index is -0.0526. The van der Waals surface area contributed by atoms with E-state index in [0.29, 0.717) is 18.9 Å². The fraction of sp³-hybridized carbons (Fsp3) is 0.500. The Bertz CT molecular complexity index is 403. The Labute approximate surface area is 109 Å². The lowest BCUT2D eigenvalue weighted by atomic mass is 10.1. The van der Waals surface area contributed by atoms with E-state index in [1.807, 2.05) is 39.0 Å². The Morgan fingerprint density at radius 2 is 2.17 bits per heavy atom. The van der Waals surface area contributed by atoms with Crippen LogP contribution < -0.4 is 15.8 Å². The van der Waals surface area contributed by atoms with Gasteiger partial charge in [0.2, 0.25) is 5.91 Å². The predicted molar refractivity (Wildman–Crippen MR) is 73.8 cm³/mol. The van der Waals surface area contributed by atoms with Gasteiger partial charge in [-0.25, -0.2) is 0 Å². The molecular weight excluding hydrogens is 228 g/mol. The van der Waals surface area contributed by atoms with Crippen molar-refractivity contribution in [2.45, 2.75) is 27.2 Å². The lowest BCUT2D eigenvalue weighted by molar-refractivity contribution is -0.118. The summed E-state index contributed by atoms with van der Waals surface area (Å²) < 4.78 is 5.55. The Kier molecular flexibility index (Phi) is 5.65. The van der Waals surface area contributed by atoms with Crippen molar-refractivity contribution in [2.24, 2.45) is 11.7 Å². The van der Waals surface area contributed by atoms with Crippen molar-refractivity contribution in [3.63, 3.8) is 0 Å². The number of carbonyl (C=O) groups excluding carboxylic acids is 1. The Balaban J connectivity index is 2.92. The van der Waals surface area contributed by atoms with Gasteiger partial charge in [-0.2, -0.15) is 0 Å². The molecule has 0 heterocycles. The summed E-state index contributed by atoms with van der Waals surface area (Å²) in [7, 11) is 0. The molecule has 18 heavy (non-hydrogen) atoms. The summed E-state index contributed by atoms with van der Waals surface area (Å²) >= 11 is 0. The van der Waals surface area contributed by atoms with Crippen LogP contribution in [0.25, 0.3) is 0 Å². The van der Waals surface area contributed by atoms with Crippen LogP contribution in [-0.2, 0) is 11.2 Å². The average Bonchev–Trinajstić information content (AvgIpc) is 2.33. The molecule has 0 saturated carbocycles. The third kappa shape index (κ3) is 4.04. The van der Waals surface area contributed by atoms with E-state index in [1.54, 1.807) is 0 Å². The normalized spacial score (nSPS) is 10.5. The van der Waals surface area contributed by atoms with E-state index < -0.39 is 0 Å². The summed E-state index contributed by atoms with van der Waals surface area (Å²) in [6, 6.07) is 5.77. The molecule has 0 atom stereocenters. The molecule has 0 aromatic heterocycles. The van der Waals surface area contributed by atoms with E-state index >= 15 is 0 Å². The lowest BCUT2D eigenvalue weighted by Crippen LogP contribution is -2.18. The van der Waals surface area contributed by atoms with E-state index in [9.17, 15) is 4.79 Å². The van der Waals surface area contributed by atoms with Crippen LogP contribution in [0, 0.1) is 5.92 Å². The van der Waals surface area contributed by atoms with Crippen molar-refractivity contribution in [3.8, 4) is 5.75 Å². The molecule has 1 aromatic carbocycles. The average molecular weight is 250 g/mol. The molecule has 4 heteroatoms. The summed E-state index contributed by atoms with van der Waals surface area (Å²) in [6.45, 7) is 6.81. The largest absolute Gasteiger partial charge is 0.492 e. The second-order valence-corrected chi connectivity index (χ2v) is 4.45. The molecule has 0 aliphatic rings. The Morgan fingerprint density at radius 1 is 1.44 bits per heavy atom. The van der Waals surface area contributed by atoms with Crippen LogP contribution in [0.15, 0.2) is 18.2 Å². The molecule has 1 rings (SSSR count). The fourth-order valence-corrected chi connectivity index (χ4v) is 1.54. The maximum absolute atomic E-state index is 11.7. The van der Waals surface area contributed by atoms with Gasteiger partial charge in [0.1, 0.15) is 5.75 Å². The summed E-state index contributed by atoms with van der Waals surface area (Å²) in [5.41, 5.74) is 7.37. The molecule has 100 valence electrons. The van der Waals surface area contributed by atoms with Gasteiger partial charge in [0, 0.05) is 5.92 Å². The van der Waals surface area contributed by atoms with E-state index in [-0.39, 0.29) is 11.8 Å². The molecule has 3 N–H and O–H groups in total. The van der Waals surface area contributed by atoms with Crippen LogP contribution >= 0.6 is 0 Å². The molecule has 1 aromatic rings. The number of hydrogen-bond donors (Lipinski definition) is 2. The summed E-state index contributed by atoms with van der Waals surface area (Å²) in [6.07, 6.45) is 0.804. The van der Waals surface area contributed by atoms with Gasteiger partial charge in [-0.15, -0.1) is 0 Å². The molecule has 0 aliphatic heterocycles. The number of amides is 1. The van der Waals surface area contributed by atoms with Crippen molar-refractivity contribution >= 4 is 11.6 Å². The number of benzene rings is 1. The number of nitrogens with two attached hydrogens (primary N) is 1. The number of hydrogen-bond acceptors (Lipinski definition) is 3. The molecule has 0 spiro atoms. The first-order valence-corrected chi connectivity index (χ1v) is 6.35. The first kappa shape index (κ1) is 14.5. The number of anilines is 1. The molecule has 0 fully saturated rings. The van der Waals surface area contributed by atoms with Crippen LogP contribution in [0.2, 0.25) is 0 Å². The van der Waals surface area contributed by atoms with Crippen molar-refractivity contribution in [1.29, 1.82) is 0 Å². The smallest absolute Gasteiger partial charge is 0.227 e. The molecule has 0 aliphatic carbocycles. The monoisotopic (exact) mass is 250 g/mol. The SMILES string of the molecule is CCOc1cc(CCN)ccc1NC(=O)C(C)C. The van der Waals surface area contributed by atoms with Gasteiger partial charge in [0.05, 0.1) is 12.3 Å². The zero-order valence-electron chi connectivity index (χ0n) is 11.3. The van der Waals surface area contributed by atoms with Crippen molar-refractivity contribution in [3.05, 3.63) is 23.8 Å². The highest BCUT2D eigenvalue weighted by Gasteiger charge is 2.11. The summed E-state index contributed by atoms with van der Waals surface area (Å²) in [4.78, 5) is 11.7. The molecule has 0 unspecified atom stereocenters. The van der Waals surface area contributed by atoms with Crippen LogP contribution in [0.5, 0.6) is 5.75 Å².